The van der Waals surface area contributed by atoms with E-state index in [-0.39, 0.29) is 12.6 Å². The number of hydrogen-bond acceptors (Lipinski definition) is 7. The first kappa shape index (κ1) is 26.0. The molecule has 1 aromatic heterocycles. The smallest absolute Gasteiger partial charge is 0.311 e. The topological polar surface area (TPSA) is 90.3 Å². The van der Waals surface area contributed by atoms with E-state index in [4.69, 9.17) is 10.00 Å². The second kappa shape index (κ2) is 11.7. The number of rotatable bonds is 7. The summed E-state index contributed by atoms with van der Waals surface area (Å²) >= 11 is 0. The molecule has 2 aliphatic rings. The Morgan fingerprint density at radius 2 is 1.86 bits per heavy atom. The second-order valence-electron chi connectivity index (χ2n) is 11.1. The van der Waals surface area contributed by atoms with Crippen LogP contribution in [0.25, 0.3) is 0 Å². The number of benzene rings is 1. The van der Waals surface area contributed by atoms with E-state index in [1.165, 1.54) is 24.9 Å². The van der Waals surface area contributed by atoms with E-state index in [2.05, 4.69) is 38.7 Å². The van der Waals surface area contributed by atoms with Gasteiger partial charge in [-0.25, -0.2) is 4.98 Å². The maximum Gasteiger partial charge on any atom is 0.311 e. The van der Waals surface area contributed by atoms with E-state index in [1.54, 1.807) is 6.20 Å². The van der Waals surface area contributed by atoms with Gasteiger partial charge < -0.3 is 20.3 Å². The van der Waals surface area contributed by atoms with E-state index in [0.717, 1.165) is 43.7 Å². The highest BCUT2D eigenvalue weighted by Gasteiger charge is 2.29. The van der Waals surface area contributed by atoms with Crippen LogP contribution in [-0.2, 0) is 16.1 Å². The number of hydrogen-bond donors (Lipinski definition) is 2. The molecule has 0 bridgehead atoms. The molecule has 0 amide bonds. The molecule has 1 saturated heterocycles. The van der Waals surface area contributed by atoms with E-state index in [9.17, 15) is 4.79 Å². The minimum Gasteiger partial charge on any atom is -0.460 e. The monoisotopic (exact) mass is 489 g/mol. The van der Waals surface area contributed by atoms with Crippen LogP contribution in [0.5, 0.6) is 0 Å². The third-order valence-electron chi connectivity index (χ3n) is 7.14. The molecule has 2 N–H and O–H groups in total. The van der Waals surface area contributed by atoms with Gasteiger partial charge >= 0.3 is 5.97 Å². The number of aromatic nitrogens is 1. The number of nitriles is 1. The van der Waals surface area contributed by atoms with Crippen LogP contribution in [0.3, 0.4) is 0 Å². The molecule has 1 aliphatic carbocycles. The molecule has 192 valence electrons. The first-order chi connectivity index (χ1) is 17.3. The molecule has 7 heteroatoms. The average molecular weight is 490 g/mol. The zero-order valence-corrected chi connectivity index (χ0v) is 21.8. The number of nitrogens with zero attached hydrogens (tertiary/aromatic N) is 3. The fourth-order valence-corrected chi connectivity index (χ4v) is 5.10. The molecule has 4 rings (SSSR count). The van der Waals surface area contributed by atoms with Gasteiger partial charge in [-0.1, -0.05) is 12.8 Å². The number of carbonyl (C=O) groups excluding carboxylic acids is 1. The Hall–Kier alpha value is -3.11. The highest BCUT2D eigenvalue weighted by Crippen LogP contribution is 2.26. The van der Waals surface area contributed by atoms with Crippen molar-refractivity contribution >= 4 is 17.5 Å². The molecule has 1 aromatic carbocycles. The van der Waals surface area contributed by atoms with E-state index < -0.39 is 5.41 Å². The van der Waals surface area contributed by atoms with Gasteiger partial charge in [0.25, 0.3) is 0 Å². The van der Waals surface area contributed by atoms with Crippen molar-refractivity contribution in [1.82, 2.24) is 10.3 Å². The summed E-state index contributed by atoms with van der Waals surface area (Å²) in [4.78, 5) is 19.1. The Labute approximate surface area is 215 Å². The third kappa shape index (κ3) is 6.98. The normalized spacial score (nSPS) is 22.5. The standard InChI is InChI=1S/C29H39N5O2/c1-29(2,3)28(35)36-20-22-14-15-31-27(17-22)33-26-9-5-4-8-25(26)32-23-7-6-16-34(19-23)24-12-10-21(18-30)11-13-24/h10-15,17,23,25-26,32H,4-9,16,19-20H2,1-3H3,(H,31,33)/t23?,25-,26-/m1/s1. The highest BCUT2D eigenvalue weighted by atomic mass is 16.5. The number of anilines is 2. The van der Waals surface area contributed by atoms with Crippen LogP contribution in [0.4, 0.5) is 11.5 Å². The first-order valence-electron chi connectivity index (χ1n) is 13.2. The molecule has 2 fully saturated rings. The fraction of sp³-hybridized carbons (Fsp3) is 0.552. The third-order valence-corrected chi connectivity index (χ3v) is 7.14. The first-order valence-corrected chi connectivity index (χ1v) is 13.2. The van der Waals surface area contributed by atoms with Crippen LogP contribution in [0.15, 0.2) is 42.6 Å². The van der Waals surface area contributed by atoms with Crippen LogP contribution >= 0.6 is 0 Å². The summed E-state index contributed by atoms with van der Waals surface area (Å²) in [5, 5.41) is 16.7. The molecular weight excluding hydrogens is 450 g/mol. The van der Waals surface area contributed by atoms with Gasteiger partial charge in [-0.2, -0.15) is 5.26 Å². The van der Waals surface area contributed by atoms with E-state index >= 15 is 0 Å². The van der Waals surface area contributed by atoms with Crippen LogP contribution in [0.1, 0.15) is 70.4 Å². The number of nitrogens with one attached hydrogen (secondary N) is 2. The summed E-state index contributed by atoms with van der Waals surface area (Å²) < 4.78 is 5.49. The summed E-state index contributed by atoms with van der Waals surface area (Å²) in [6, 6.07) is 15.1. The maximum absolute atomic E-state index is 12.1. The SMILES string of the molecule is CC(C)(C)C(=O)OCc1ccnc(N[C@@H]2CCCC[C@H]2NC2CCCN(c3ccc(C#N)cc3)C2)c1. The Kier molecular flexibility index (Phi) is 8.48. The quantitative estimate of drug-likeness (QED) is 0.528. The van der Waals surface area contributed by atoms with Crippen molar-refractivity contribution in [3.63, 3.8) is 0 Å². The van der Waals surface area contributed by atoms with Gasteiger partial charge in [0.1, 0.15) is 12.4 Å². The zero-order chi connectivity index (χ0) is 25.5. The number of pyridine rings is 1. The van der Waals surface area contributed by atoms with Crippen molar-refractivity contribution in [3.05, 3.63) is 53.7 Å². The van der Waals surface area contributed by atoms with Crippen molar-refractivity contribution in [1.29, 1.82) is 5.26 Å². The molecule has 0 radical (unpaired) electrons. The highest BCUT2D eigenvalue weighted by molar-refractivity contribution is 5.75. The maximum atomic E-state index is 12.1. The molecule has 0 spiro atoms. The second-order valence-corrected chi connectivity index (χ2v) is 11.1. The van der Waals surface area contributed by atoms with Crippen LogP contribution in [0.2, 0.25) is 0 Å². The van der Waals surface area contributed by atoms with Crippen LogP contribution < -0.4 is 15.5 Å². The van der Waals surface area contributed by atoms with Crippen molar-refractivity contribution < 1.29 is 9.53 Å². The Bertz CT molecular complexity index is 1060. The Morgan fingerprint density at radius 1 is 1.11 bits per heavy atom. The Balaban J connectivity index is 1.35. The number of ether oxygens (including phenoxy) is 1. The number of piperidine rings is 1. The van der Waals surface area contributed by atoms with Crippen molar-refractivity contribution in [2.45, 2.75) is 84.0 Å². The molecule has 1 unspecified atom stereocenters. The summed E-state index contributed by atoms with van der Waals surface area (Å²) in [6.07, 6.45) is 8.80. The van der Waals surface area contributed by atoms with E-state index in [0.29, 0.717) is 23.7 Å². The summed E-state index contributed by atoms with van der Waals surface area (Å²) in [7, 11) is 0. The molecule has 7 nitrogen and oxygen atoms in total. The molecule has 2 heterocycles. The van der Waals surface area contributed by atoms with Gasteiger partial charge in [0.2, 0.25) is 0 Å². The summed E-state index contributed by atoms with van der Waals surface area (Å²) in [6.45, 7) is 7.87. The molecule has 1 saturated carbocycles. The molecule has 1 aliphatic heterocycles. The number of esters is 1. The number of carbonyl (C=O) groups is 1. The average Bonchev–Trinajstić information content (AvgIpc) is 2.88. The molecule has 2 aromatic rings. The van der Waals surface area contributed by atoms with E-state index in [1.807, 2.05) is 45.0 Å². The molecule has 3 atom stereocenters. The van der Waals surface area contributed by atoms with Crippen molar-refractivity contribution in [2.24, 2.45) is 5.41 Å². The summed E-state index contributed by atoms with van der Waals surface area (Å²) in [5.41, 5.74) is 2.32. The molecule has 36 heavy (non-hydrogen) atoms. The predicted octanol–water partition coefficient (Wildman–Crippen LogP) is 5.02. The van der Waals surface area contributed by atoms with Gasteiger partial charge in [-0.15, -0.1) is 0 Å². The van der Waals surface area contributed by atoms with Crippen LogP contribution in [0, 0.1) is 16.7 Å². The van der Waals surface area contributed by atoms with Crippen LogP contribution in [-0.4, -0.2) is 42.2 Å². The lowest BCUT2D eigenvalue weighted by atomic mass is 9.89. The van der Waals surface area contributed by atoms with Gasteiger partial charge in [-0.3, -0.25) is 4.79 Å². The fourth-order valence-electron chi connectivity index (χ4n) is 5.10. The lowest BCUT2D eigenvalue weighted by Gasteiger charge is -2.40. The predicted molar refractivity (Wildman–Crippen MR) is 143 cm³/mol. The summed E-state index contributed by atoms with van der Waals surface area (Å²) in [5.74, 6) is 0.633. The minimum absolute atomic E-state index is 0.201. The lowest BCUT2D eigenvalue weighted by Crippen LogP contribution is -2.55. The zero-order valence-electron chi connectivity index (χ0n) is 21.8. The van der Waals surface area contributed by atoms with Gasteiger partial charge in [0.05, 0.1) is 17.0 Å². The minimum atomic E-state index is -0.510. The van der Waals surface area contributed by atoms with Gasteiger partial charge in [0.15, 0.2) is 0 Å². The van der Waals surface area contributed by atoms with Crippen molar-refractivity contribution in [3.8, 4) is 6.07 Å². The lowest BCUT2D eigenvalue weighted by molar-refractivity contribution is -0.154. The van der Waals surface area contributed by atoms with Gasteiger partial charge in [-0.05, 0) is 88.4 Å². The van der Waals surface area contributed by atoms with Crippen molar-refractivity contribution in [2.75, 3.05) is 23.3 Å². The largest absolute Gasteiger partial charge is 0.460 e. The molecular formula is C29H39N5O2. The Morgan fingerprint density at radius 3 is 2.58 bits per heavy atom. The van der Waals surface area contributed by atoms with Gasteiger partial charge in [0, 0.05) is 43.1 Å².